The van der Waals surface area contributed by atoms with Crippen LogP contribution in [0, 0.1) is 6.92 Å². The van der Waals surface area contributed by atoms with Crippen LogP contribution in [0.1, 0.15) is 18.5 Å². The first-order valence-electron chi connectivity index (χ1n) is 11.0. The average Bonchev–Trinajstić information content (AvgIpc) is 3.18. The summed E-state index contributed by atoms with van der Waals surface area (Å²) < 4.78 is 19.8. The Kier molecular flexibility index (Phi) is 8.43. The number of hydrogen-bond acceptors (Lipinski definition) is 7. The number of carboxylic acids is 1. The number of carboxylic acid groups (broad SMARTS) is 1. The lowest BCUT2D eigenvalue weighted by atomic mass is 10.2. The van der Waals surface area contributed by atoms with Crippen LogP contribution in [0.15, 0.2) is 35.3 Å². The van der Waals surface area contributed by atoms with Crippen molar-refractivity contribution in [2.75, 3.05) is 40.6 Å². The Labute approximate surface area is 198 Å². The molecule has 0 bridgehead atoms. The quantitative estimate of drug-likeness (QED) is 0.385. The number of aliphatic carboxylic acids is 1. The molecule has 0 fully saturated rings. The molecule has 0 amide bonds. The molecule has 2 aromatic heterocycles. The number of carbonyl (C=O) groups is 1. The van der Waals surface area contributed by atoms with Crippen LogP contribution in [0.2, 0.25) is 0 Å². The molecule has 0 aliphatic carbocycles. The lowest BCUT2D eigenvalue weighted by Gasteiger charge is -2.17. The Bertz CT molecular complexity index is 1180. The maximum absolute atomic E-state index is 12.2. The molecule has 0 aliphatic heterocycles. The zero-order chi connectivity index (χ0) is 24.8. The van der Waals surface area contributed by atoms with Gasteiger partial charge in [-0.1, -0.05) is 0 Å². The monoisotopic (exact) mass is 472 g/mol. The van der Waals surface area contributed by atoms with Gasteiger partial charge < -0.3 is 28.5 Å². The van der Waals surface area contributed by atoms with Crippen molar-refractivity contribution in [3.05, 3.63) is 46.4 Å². The van der Waals surface area contributed by atoms with Gasteiger partial charge in [0.1, 0.15) is 24.2 Å². The van der Waals surface area contributed by atoms with Crippen molar-refractivity contribution in [2.45, 2.75) is 25.9 Å². The maximum Gasteiger partial charge on any atom is 0.323 e. The second-order valence-electron chi connectivity index (χ2n) is 8.24. The van der Waals surface area contributed by atoms with Gasteiger partial charge in [-0.15, -0.1) is 0 Å². The van der Waals surface area contributed by atoms with Crippen molar-refractivity contribution in [3.8, 4) is 17.1 Å². The van der Waals surface area contributed by atoms with E-state index in [1.807, 2.05) is 24.3 Å². The Hall–Kier alpha value is -3.21. The lowest BCUT2D eigenvalue weighted by molar-refractivity contribution is -0.140. The summed E-state index contributed by atoms with van der Waals surface area (Å²) in [5.74, 6) is 0.390. The highest BCUT2D eigenvalue weighted by atomic mass is 16.5. The van der Waals surface area contributed by atoms with Crippen LogP contribution in [-0.2, 0) is 21.3 Å². The molecule has 0 spiro atoms. The van der Waals surface area contributed by atoms with Crippen LogP contribution in [0.3, 0.4) is 0 Å². The molecule has 0 aliphatic rings. The minimum absolute atomic E-state index is 0.00671. The van der Waals surface area contributed by atoms with E-state index in [0.29, 0.717) is 24.5 Å². The normalized spacial score (nSPS) is 13.2. The molecule has 3 aromatic rings. The van der Waals surface area contributed by atoms with Crippen LogP contribution in [-0.4, -0.2) is 71.8 Å². The van der Waals surface area contributed by atoms with Crippen molar-refractivity contribution < 1.29 is 24.1 Å². The van der Waals surface area contributed by atoms with Gasteiger partial charge in [0.25, 0.3) is 5.56 Å². The molecule has 10 heteroatoms. The number of aromatic nitrogens is 3. The fourth-order valence-corrected chi connectivity index (χ4v) is 3.92. The molecule has 3 rings (SSSR count). The van der Waals surface area contributed by atoms with Gasteiger partial charge in [0.15, 0.2) is 0 Å². The largest absolute Gasteiger partial charge is 0.492 e. The summed E-state index contributed by atoms with van der Waals surface area (Å²) in [6.45, 7) is 5.05. The summed E-state index contributed by atoms with van der Waals surface area (Å²) in [4.78, 5) is 28.2. The van der Waals surface area contributed by atoms with Crippen molar-refractivity contribution in [3.63, 3.8) is 0 Å². The number of nitrogens with zero attached hydrogens (tertiary/aromatic N) is 3. The van der Waals surface area contributed by atoms with Crippen molar-refractivity contribution in [1.82, 2.24) is 19.4 Å². The fraction of sp³-hybridized carbons (Fsp3) is 0.458. The number of imidazole rings is 1. The first-order valence-corrected chi connectivity index (χ1v) is 11.0. The highest BCUT2D eigenvalue weighted by Gasteiger charge is 2.19. The maximum atomic E-state index is 12.2. The molecular formula is C24H32N4O6. The molecule has 34 heavy (non-hydrogen) atoms. The smallest absolute Gasteiger partial charge is 0.323 e. The third-order valence-electron chi connectivity index (χ3n) is 5.52. The molecule has 2 atom stereocenters. The average molecular weight is 473 g/mol. The molecule has 184 valence electrons. The molecule has 0 radical (unpaired) electrons. The van der Waals surface area contributed by atoms with E-state index in [4.69, 9.17) is 19.2 Å². The third-order valence-corrected chi connectivity index (χ3v) is 5.52. The molecule has 2 N–H and O–H groups in total. The molecule has 0 saturated carbocycles. The number of aryl methyl sites for hydroxylation is 2. The second kappa shape index (κ2) is 11.3. The minimum Gasteiger partial charge on any atom is -0.492 e. The van der Waals surface area contributed by atoms with E-state index in [1.54, 1.807) is 31.8 Å². The van der Waals surface area contributed by atoms with Gasteiger partial charge in [0.2, 0.25) is 0 Å². The van der Waals surface area contributed by atoms with Gasteiger partial charge in [0, 0.05) is 51.2 Å². The van der Waals surface area contributed by atoms with Crippen molar-refractivity contribution in [2.24, 2.45) is 7.05 Å². The molecule has 10 nitrogen and oxygen atoms in total. The zero-order valence-electron chi connectivity index (χ0n) is 20.2. The van der Waals surface area contributed by atoms with E-state index >= 15 is 0 Å². The van der Waals surface area contributed by atoms with Crippen LogP contribution < -0.4 is 15.6 Å². The molecule has 0 unspecified atom stereocenters. The van der Waals surface area contributed by atoms with Crippen LogP contribution in [0.4, 0.5) is 0 Å². The number of ether oxygens (including phenoxy) is 3. The molecule has 2 heterocycles. The SMILES string of the molecule is COC[C@H](NCCOc1ccc2c(c1)nc(-c1cc(C)c(=O)n(C)c1)n2[C@@H](C)COC)C(=O)O. The van der Waals surface area contributed by atoms with Gasteiger partial charge >= 0.3 is 5.97 Å². The number of methoxy groups -OCH3 is 2. The molecule has 1 aromatic carbocycles. The van der Waals surface area contributed by atoms with Gasteiger partial charge in [-0.25, -0.2) is 4.98 Å². The lowest BCUT2D eigenvalue weighted by Crippen LogP contribution is -2.42. The Balaban J connectivity index is 1.88. The van der Waals surface area contributed by atoms with Crippen LogP contribution >= 0.6 is 0 Å². The predicted octanol–water partition coefficient (Wildman–Crippen LogP) is 1.99. The number of benzene rings is 1. The van der Waals surface area contributed by atoms with Crippen LogP contribution in [0.25, 0.3) is 22.4 Å². The number of nitrogens with one attached hydrogen (secondary N) is 1. The third kappa shape index (κ3) is 5.64. The number of pyridine rings is 1. The zero-order valence-corrected chi connectivity index (χ0v) is 20.2. The first-order chi connectivity index (χ1) is 16.3. The highest BCUT2D eigenvalue weighted by molar-refractivity contribution is 5.82. The van der Waals surface area contributed by atoms with E-state index in [2.05, 4.69) is 16.8 Å². The van der Waals surface area contributed by atoms with E-state index in [-0.39, 0.29) is 24.8 Å². The molecular weight excluding hydrogens is 440 g/mol. The van der Waals surface area contributed by atoms with Crippen molar-refractivity contribution in [1.29, 1.82) is 0 Å². The Morgan fingerprint density at radius 1 is 1.21 bits per heavy atom. The molecule has 0 saturated heterocycles. The summed E-state index contributed by atoms with van der Waals surface area (Å²) in [5, 5.41) is 12.1. The van der Waals surface area contributed by atoms with E-state index in [9.17, 15) is 14.7 Å². The topological polar surface area (TPSA) is 117 Å². The highest BCUT2D eigenvalue weighted by Crippen LogP contribution is 2.30. The summed E-state index contributed by atoms with van der Waals surface area (Å²) in [6, 6.07) is 6.73. The van der Waals surface area contributed by atoms with Crippen LogP contribution in [0.5, 0.6) is 5.75 Å². The number of rotatable bonds is 12. The number of hydrogen-bond donors (Lipinski definition) is 2. The van der Waals surface area contributed by atoms with Crippen molar-refractivity contribution >= 4 is 17.0 Å². The summed E-state index contributed by atoms with van der Waals surface area (Å²) in [7, 11) is 4.85. The fourth-order valence-electron chi connectivity index (χ4n) is 3.92. The standard InChI is InChI=1S/C24H32N4O6/c1-15-10-17(12-27(3)23(15)29)22-26-19-11-18(6-7-21(19)28(22)16(2)13-32-4)34-9-8-25-20(14-33-5)24(30)31/h6-7,10-12,16,20,25H,8-9,13-14H2,1-5H3,(H,30,31)/t16-,20-/m0/s1. The van der Waals surface area contributed by atoms with E-state index in [0.717, 1.165) is 22.4 Å². The first kappa shape index (κ1) is 25.4. The van der Waals surface area contributed by atoms with E-state index < -0.39 is 12.0 Å². The van der Waals surface area contributed by atoms with Gasteiger partial charge in [-0.3, -0.25) is 14.9 Å². The number of fused-ring (bicyclic) bond motifs is 1. The summed E-state index contributed by atoms with van der Waals surface area (Å²) in [5.41, 5.74) is 3.10. The van der Waals surface area contributed by atoms with E-state index in [1.165, 1.54) is 7.11 Å². The summed E-state index contributed by atoms with van der Waals surface area (Å²) in [6.07, 6.45) is 1.79. The van der Waals surface area contributed by atoms with Gasteiger partial charge in [0.05, 0.1) is 30.3 Å². The Morgan fingerprint density at radius 2 is 1.94 bits per heavy atom. The minimum atomic E-state index is -0.972. The van der Waals surface area contributed by atoms with Gasteiger partial charge in [-0.2, -0.15) is 0 Å². The Morgan fingerprint density at radius 3 is 2.59 bits per heavy atom. The second-order valence-corrected chi connectivity index (χ2v) is 8.24. The van der Waals surface area contributed by atoms with Gasteiger partial charge in [-0.05, 0) is 32.0 Å². The summed E-state index contributed by atoms with van der Waals surface area (Å²) >= 11 is 0. The predicted molar refractivity (Wildman–Crippen MR) is 129 cm³/mol.